The van der Waals surface area contributed by atoms with Gasteiger partial charge in [-0.05, 0) is 25.1 Å². The lowest BCUT2D eigenvalue weighted by Crippen LogP contribution is -2.32. The molecule has 1 aromatic carbocycles. The minimum absolute atomic E-state index is 0.279. The predicted octanol–water partition coefficient (Wildman–Crippen LogP) is 0.303. The van der Waals surface area contributed by atoms with Crippen LogP contribution in [0.5, 0.6) is 11.5 Å². The zero-order chi connectivity index (χ0) is 15.1. The number of primary amides is 1. The van der Waals surface area contributed by atoms with Crippen molar-refractivity contribution in [3.05, 3.63) is 23.8 Å². The number of rotatable bonds is 7. The molecule has 1 atom stereocenters. The lowest BCUT2D eigenvalue weighted by molar-refractivity contribution is -0.155. The molecule has 0 unspecified atom stereocenters. The highest BCUT2D eigenvalue weighted by molar-refractivity contribution is 5.82. The van der Waals surface area contributed by atoms with Gasteiger partial charge in [0.15, 0.2) is 24.2 Å². The number of benzene rings is 1. The van der Waals surface area contributed by atoms with Crippen molar-refractivity contribution in [2.45, 2.75) is 13.0 Å². The second kappa shape index (κ2) is 7.13. The molecule has 0 aliphatic rings. The van der Waals surface area contributed by atoms with E-state index in [9.17, 15) is 14.4 Å². The predicted molar refractivity (Wildman–Crippen MR) is 68.6 cm³/mol. The van der Waals surface area contributed by atoms with E-state index < -0.39 is 24.6 Å². The maximum atomic E-state index is 11.4. The summed E-state index contributed by atoms with van der Waals surface area (Å²) in [4.78, 5) is 32.8. The van der Waals surface area contributed by atoms with Crippen LogP contribution in [0.3, 0.4) is 0 Å². The van der Waals surface area contributed by atoms with E-state index in [0.717, 1.165) is 0 Å². The summed E-state index contributed by atoms with van der Waals surface area (Å²) < 4.78 is 14.9. The zero-order valence-electron chi connectivity index (χ0n) is 11.1. The quantitative estimate of drug-likeness (QED) is 0.569. The third kappa shape index (κ3) is 4.27. The lowest BCUT2D eigenvalue weighted by Gasteiger charge is -2.12. The Labute approximate surface area is 115 Å². The average molecular weight is 281 g/mol. The molecule has 0 aliphatic carbocycles. The summed E-state index contributed by atoms with van der Waals surface area (Å²) >= 11 is 0. The van der Waals surface area contributed by atoms with Gasteiger partial charge in [0, 0.05) is 5.56 Å². The number of carbonyl (C=O) groups excluding carboxylic acids is 3. The number of carbonyl (C=O) groups is 3. The van der Waals surface area contributed by atoms with Gasteiger partial charge in [0.25, 0.3) is 5.91 Å². The minimum atomic E-state index is -1.02. The molecule has 0 heterocycles. The lowest BCUT2D eigenvalue weighted by atomic mass is 10.2. The highest BCUT2D eigenvalue weighted by Gasteiger charge is 2.15. The smallest absolute Gasteiger partial charge is 0.344 e. The first-order chi connectivity index (χ1) is 9.47. The van der Waals surface area contributed by atoms with Gasteiger partial charge in [-0.3, -0.25) is 9.59 Å². The number of aldehydes is 1. The number of esters is 1. The molecular formula is C13H15NO6. The fourth-order valence-electron chi connectivity index (χ4n) is 1.30. The Balaban J connectivity index is 2.63. The van der Waals surface area contributed by atoms with Crippen LogP contribution in [0.1, 0.15) is 17.3 Å². The van der Waals surface area contributed by atoms with Gasteiger partial charge in [0.1, 0.15) is 6.29 Å². The van der Waals surface area contributed by atoms with Gasteiger partial charge in [0.05, 0.1) is 7.11 Å². The van der Waals surface area contributed by atoms with Crippen molar-refractivity contribution >= 4 is 18.2 Å². The molecule has 2 N–H and O–H groups in total. The Morgan fingerprint density at radius 1 is 1.35 bits per heavy atom. The maximum absolute atomic E-state index is 11.4. The van der Waals surface area contributed by atoms with E-state index in [0.29, 0.717) is 17.6 Å². The molecule has 7 heteroatoms. The van der Waals surface area contributed by atoms with Gasteiger partial charge < -0.3 is 19.9 Å². The highest BCUT2D eigenvalue weighted by atomic mass is 16.6. The van der Waals surface area contributed by atoms with E-state index in [1.54, 1.807) is 0 Å². The first kappa shape index (κ1) is 15.5. The van der Waals surface area contributed by atoms with Gasteiger partial charge in [-0.25, -0.2) is 4.79 Å². The van der Waals surface area contributed by atoms with Crippen molar-refractivity contribution in [3.8, 4) is 11.5 Å². The second-order valence-corrected chi connectivity index (χ2v) is 3.85. The highest BCUT2D eigenvalue weighted by Crippen LogP contribution is 2.27. The molecule has 0 aliphatic heterocycles. The summed E-state index contributed by atoms with van der Waals surface area (Å²) in [6.45, 7) is 0.952. The average Bonchev–Trinajstić information content (AvgIpc) is 2.44. The summed E-state index contributed by atoms with van der Waals surface area (Å²) in [5, 5.41) is 0. The second-order valence-electron chi connectivity index (χ2n) is 3.85. The van der Waals surface area contributed by atoms with Gasteiger partial charge in [0.2, 0.25) is 0 Å². The number of hydrogen-bond donors (Lipinski definition) is 1. The summed E-state index contributed by atoms with van der Waals surface area (Å²) in [5.74, 6) is -0.892. The topological polar surface area (TPSA) is 105 Å². The van der Waals surface area contributed by atoms with E-state index in [1.807, 2.05) is 0 Å². The first-order valence-corrected chi connectivity index (χ1v) is 5.72. The number of nitrogens with two attached hydrogens (primary N) is 1. The monoisotopic (exact) mass is 281 g/mol. The van der Waals surface area contributed by atoms with Crippen LogP contribution in [0.15, 0.2) is 18.2 Å². The van der Waals surface area contributed by atoms with Gasteiger partial charge in [-0.1, -0.05) is 0 Å². The normalized spacial score (nSPS) is 11.3. The molecule has 0 saturated carbocycles. The minimum Gasteiger partial charge on any atom is -0.493 e. The van der Waals surface area contributed by atoms with Crippen molar-refractivity contribution in [1.29, 1.82) is 0 Å². The van der Waals surface area contributed by atoms with Crippen LogP contribution in [0.4, 0.5) is 0 Å². The molecule has 1 aromatic rings. The van der Waals surface area contributed by atoms with Crippen molar-refractivity contribution in [2.24, 2.45) is 5.73 Å². The number of methoxy groups -OCH3 is 1. The molecule has 7 nitrogen and oxygen atoms in total. The molecule has 0 aromatic heterocycles. The molecular weight excluding hydrogens is 266 g/mol. The van der Waals surface area contributed by atoms with Crippen molar-refractivity contribution in [2.75, 3.05) is 13.7 Å². The van der Waals surface area contributed by atoms with Crippen LogP contribution >= 0.6 is 0 Å². The molecule has 0 radical (unpaired) electrons. The summed E-state index contributed by atoms with van der Waals surface area (Å²) in [7, 11) is 1.41. The van der Waals surface area contributed by atoms with E-state index in [2.05, 4.69) is 0 Å². The van der Waals surface area contributed by atoms with Gasteiger partial charge >= 0.3 is 5.97 Å². The zero-order valence-corrected chi connectivity index (χ0v) is 11.1. The Morgan fingerprint density at radius 3 is 2.60 bits per heavy atom. The van der Waals surface area contributed by atoms with Gasteiger partial charge in [-0.2, -0.15) is 0 Å². The van der Waals surface area contributed by atoms with Crippen LogP contribution in [0.2, 0.25) is 0 Å². The summed E-state index contributed by atoms with van der Waals surface area (Å²) in [6, 6.07) is 4.48. The molecule has 0 saturated heterocycles. The third-order valence-electron chi connectivity index (χ3n) is 2.38. The van der Waals surface area contributed by atoms with Crippen LogP contribution < -0.4 is 15.2 Å². The van der Waals surface area contributed by atoms with Crippen LogP contribution in [-0.4, -0.2) is 38.0 Å². The Bertz CT molecular complexity index is 514. The largest absolute Gasteiger partial charge is 0.493 e. The van der Waals surface area contributed by atoms with E-state index in [4.69, 9.17) is 19.9 Å². The standard InChI is InChI=1S/C13H15NO6/c1-8(13(14)17)20-12(16)7-19-10-4-3-9(6-15)5-11(10)18-2/h3-6,8H,7H2,1-2H3,(H2,14,17)/t8-/m1/s1. The fraction of sp³-hybridized carbons (Fsp3) is 0.308. The number of amides is 1. The van der Waals surface area contributed by atoms with Crippen molar-refractivity contribution in [3.63, 3.8) is 0 Å². The van der Waals surface area contributed by atoms with Crippen LogP contribution in [0.25, 0.3) is 0 Å². The Morgan fingerprint density at radius 2 is 2.05 bits per heavy atom. The van der Waals surface area contributed by atoms with E-state index >= 15 is 0 Å². The first-order valence-electron chi connectivity index (χ1n) is 5.72. The third-order valence-corrected chi connectivity index (χ3v) is 2.38. The Hall–Kier alpha value is -2.57. The van der Waals surface area contributed by atoms with E-state index in [1.165, 1.54) is 32.2 Å². The number of ether oxygens (including phenoxy) is 3. The van der Waals surface area contributed by atoms with Gasteiger partial charge in [-0.15, -0.1) is 0 Å². The molecule has 0 bridgehead atoms. The molecule has 108 valence electrons. The molecule has 0 fully saturated rings. The van der Waals surface area contributed by atoms with Crippen molar-refractivity contribution in [1.82, 2.24) is 0 Å². The summed E-state index contributed by atoms with van der Waals surface area (Å²) in [6.07, 6.45) is -0.361. The molecule has 20 heavy (non-hydrogen) atoms. The molecule has 1 rings (SSSR count). The number of hydrogen-bond acceptors (Lipinski definition) is 6. The maximum Gasteiger partial charge on any atom is 0.344 e. The van der Waals surface area contributed by atoms with E-state index in [-0.39, 0.29) is 5.75 Å². The fourth-order valence-corrected chi connectivity index (χ4v) is 1.30. The summed E-state index contributed by atoms with van der Waals surface area (Å²) in [5.41, 5.74) is 5.37. The Kier molecular flexibility index (Phi) is 5.52. The molecule has 0 spiro atoms. The SMILES string of the molecule is COc1cc(C=O)ccc1OCC(=O)O[C@H](C)C(N)=O. The molecule has 1 amide bonds. The van der Waals surface area contributed by atoms with Crippen molar-refractivity contribution < 1.29 is 28.6 Å². The van der Waals surface area contributed by atoms with Crippen LogP contribution in [0, 0.1) is 0 Å². The van der Waals surface area contributed by atoms with Crippen LogP contribution in [-0.2, 0) is 14.3 Å².